The Kier molecular flexibility index (Phi) is 7.82. The van der Waals surface area contributed by atoms with Crippen molar-refractivity contribution in [1.82, 2.24) is 15.5 Å². The zero-order valence-electron chi connectivity index (χ0n) is 19.5. The van der Waals surface area contributed by atoms with E-state index in [2.05, 4.69) is 20.8 Å². The molecule has 2 amide bonds. The van der Waals surface area contributed by atoms with Gasteiger partial charge in [0.05, 0.1) is 7.11 Å². The highest BCUT2D eigenvalue weighted by Gasteiger charge is 2.18. The Hall–Kier alpha value is -3.68. The van der Waals surface area contributed by atoms with Crippen LogP contribution in [0.15, 0.2) is 53.1 Å². The van der Waals surface area contributed by atoms with Crippen LogP contribution in [-0.2, 0) is 11.2 Å². The van der Waals surface area contributed by atoms with E-state index in [4.69, 9.17) is 9.26 Å². The van der Waals surface area contributed by atoms with Crippen molar-refractivity contribution in [2.24, 2.45) is 0 Å². The minimum Gasteiger partial charge on any atom is -0.497 e. The maximum Gasteiger partial charge on any atom is 0.251 e. The van der Waals surface area contributed by atoms with Gasteiger partial charge in [0.1, 0.15) is 5.75 Å². The second-order valence-electron chi connectivity index (χ2n) is 8.41. The zero-order chi connectivity index (χ0) is 23.8. The molecule has 1 heterocycles. The quantitative estimate of drug-likeness (QED) is 0.467. The van der Waals surface area contributed by atoms with E-state index >= 15 is 0 Å². The van der Waals surface area contributed by atoms with Gasteiger partial charge in [-0.05, 0) is 75.2 Å². The third-order valence-electron chi connectivity index (χ3n) is 5.38. The molecule has 0 saturated heterocycles. The molecule has 0 aliphatic carbocycles. The minimum absolute atomic E-state index is 0.116. The average Bonchev–Trinajstić information content (AvgIpc) is 3.28. The lowest BCUT2D eigenvalue weighted by atomic mass is 10.0. The van der Waals surface area contributed by atoms with Crippen LogP contribution >= 0.6 is 0 Å². The van der Waals surface area contributed by atoms with Crippen LogP contribution in [0.4, 0.5) is 5.69 Å². The molecule has 0 atom stereocenters. The Labute approximate surface area is 193 Å². The third kappa shape index (κ3) is 6.90. The first-order valence-corrected chi connectivity index (χ1v) is 11.0. The molecular formula is C25H30N4O4. The predicted molar refractivity (Wildman–Crippen MR) is 126 cm³/mol. The maximum atomic E-state index is 12.3. The highest BCUT2D eigenvalue weighted by atomic mass is 16.5. The Balaban J connectivity index is 1.45. The molecule has 0 unspecified atom stereocenters. The van der Waals surface area contributed by atoms with Gasteiger partial charge in [-0.25, -0.2) is 0 Å². The van der Waals surface area contributed by atoms with E-state index in [1.54, 1.807) is 31.4 Å². The van der Waals surface area contributed by atoms with Gasteiger partial charge in [-0.3, -0.25) is 9.59 Å². The van der Waals surface area contributed by atoms with E-state index in [1.807, 2.05) is 45.0 Å². The summed E-state index contributed by atoms with van der Waals surface area (Å²) in [6.45, 7) is 5.98. The maximum absolute atomic E-state index is 12.3. The molecule has 0 aliphatic heterocycles. The number of carbonyl (C=O) groups excluding carboxylic acids is 2. The molecule has 0 bridgehead atoms. The minimum atomic E-state index is -0.266. The number of carbonyl (C=O) groups is 2. The van der Waals surface area contributed by atoms with Crippen molar-refractivity contribution in [1.29, 1.82) is 0 Å². The largest absolute Gasteiger partial charge is 0.497 e. The van der Waals surface area contributed by atoms with Gasteiger partial charge in [0.15, 0.2) is 0 Å². The first-order valence-electron chi connectivity index (χ1n) is 11.0. The van der Waals surface area contributed by atoms with Crippen LogP contribution in [0.3, 0.4) is 0 Å². The number of benzene rings is 2. The fourth-order valence-electron chi connectivity index (χ4n) is 3.01. The van der Waals surface area contributed by atoms with Crippen molar-refractivity contribution in [3.05, 3.63) is 60.0 Å². The van der Waals surface area contributed by atoms with Crippen molar-refractivity contribution < 1.29 is 18.8 Å². The topological polar surface area (TPSA) is 106 Å². The SMILES string of the molecule is CCC(C)(C)NC(=O)c1ccc(NC(=O)CCCc2nc(-c3ccc(OC)cc3)no2)cc1. The van der Waals surface area contributed by atoms with E-state index in [-0.39, 0.29) is 17.4 Å². The summed E-state index contributed by atoms with van der Waals surface area (Å²) in [5.74, 6) is 1.50. The number of nitrogens with one attached hydrogen (secondary N) is 2. The molecule has 2 aromatic carbocycles. The second kappa shape index (κ2) is 10.8. The normalized spacial score (nSPS) is 11.2. The molecule has 3 rings (SSSR count). The molecule has 0 spiro atoms. The molecule has 8 heteroatoms. The van der Waals surface area contributed by atoms with Gasteiger partial charge in [0.25, 0.3) is 5.91 Å². The summed E-state index contributed by atoms with van der Waals surface area (Å²) < 4.78 is 10.4. The highest BCUT2D eigenvalue weighted by Crippen LogP contribution is 2.20. The number of aromatic nitrogens is 2. The van der Waals surface area contributed by atoms with Crippen LogP contribution in [0, 0.1) is 0 Å². The second-order valence-corrected chi connectivity index (χ2v) is 8.41. The van der Waals surface area contributed by atoms with Crippen molar-refractivity contribution in [2.45, 2.75) is 52.0 Å². The molecule has 2 N–H and O–H groups in total. The number of ether oxygens (including phenoxy) is 1. The summed E-state index contributed by atoms with van der Waals surface area (Å²) >= 11 is 0. The number of nitrogens with zero attached hydrogens (tertiary/aromatic N) is 2. The van der Waals surface area contributed by atoms with E-state index < -0.39 is 0 Å². The lowest BCUT2D eigenvalue weighted by molar-refractivity contribution is -0.116. The molecular weight excluding hydrogens is 420 g/mol. The van der Waals surface area contributed by atoms with Gasteiger partial charge < -0.3 is 19.9 Å². The Morgan fingerprint density at radius 3 is 2.39 bits per heavy atom. The fourth-order valence-corrected chi connectivity index (χ4v) is 3.01. The summed E-state index contributed by atoms with van der Waals surface area (Å²) in [5.41, 5.74) is 1.76. The number of hydrogen-bond acceptors (Lipinski definition) is 6. The summed E-state index contributed by atoms with van der Waals surface area (Å²) in [6.07, 6.45) is 2.22. The van der Waals surface area contributed by atoms with E-state index in [9.17, 15) is 9.59 Å². The molecule has 1 aromatic heterocycles. The molecule has 8 nitrogen and oxygen atoms in total. The van der Waals surface area contributed by atoms with Crippen LogP contribution in [0.2, 0.25) is 0 Å². The van der Waals surface area contributed by atoms with E-state index in [0.29, 0.717) is 42.2 Å². The molecule has 0 saturated carbocycles. The summed E-state index contributed by atoms with van der Waals surface area (Å²) in [6, 6.07) is 14.3. The number of aryl methyl sites for hydroxylation is 1. The monoisotopic (exact) mass is 450 g/mol. The lowest BCUT2D eigenvalue weighted by Gasteiger charge is -2.24. The van der Waals surface area contributed by atoms with Crippen molar-refractivity contribution in [3.63, 3.8) is 0 Å². The van der Waals surface area contributed by atoms with Crippen molar-refractivity contribution in [2.75, 3.05) is 12.4 Å². The molecule has 0 fully saturated rings. The Morgan fingerprint density at radius 1 is 1.06 bits per heavy atom. The van der Waals surface area contributed by atoms with Crippen LogP contribution in [-0.4, -0.2) is 34.6 Å². The standard InChI is InChI=1S/C25H30N4O4/c1-5-25(2,3)28-24(31)18-9-13-19(14-10-18)26-21(30)7-6-8-22-27-23(29-33-22)17-11-15-20(32-4)16-12-17/h9-16H,5-8H2,1-4H3,(H,26,30)(H,28,31). The van der Waals surface area contributed by atoms with Crippen molar-refractivity contribution >= 4 is 17.5 Å². The molecule has 0 aliphatic rings. The third-order valence-corrected chi connectivity index (χ3v) is 5.38. The average molecular weight is 451 g/mol. The first kappa shape index (κ1) is 24.0. The van der Waals surface area contributed by atoms with Crippen LogP contribution < -0.4 is 15.4 Å². The van der Waals surface area contributed by atoms with Gasteiger partial charge in [0.2, 0.25) is 17.6 Å². The number of amides is 2. The molecule has 174 valence electrons. The number of hydrogen-bond donors (Lipinski definition) is 2. The summed E-state index contributed by atoms with van der Waals surface area (Å²) in [5, 5.41) is 9.84. The number of rotatable bonds is 10. The van der Waals surface area contributed by atoms with Crippen molar-refractivity contribution in [3.8, 4) is 17.1 Å². The highest BCUT2D eigenvalue weighted by molar-refractivity contribution is 5.96. The molecule has 3 aromatic rings. The lowest BCUT2D eigenvalue weighted by Crippen LogP contribution is -2.42. The first-order chi connectivity index (χ1) is 15.8. The summed E-state index contributed by atoms with van der Waals surface area (Å²) in [4.78, 5) is 29.0. The number of methoxy groups -OCH3 is 1. The predicted octanol–water partition coefficient (Wildman–Crippen LogP) is 4.63. The van der Waals surface area contributed by atoms with Gasteiger partial charge in [-0.2, -0.15) is 4.98 Å². The van der Waals surface area contributed by atoms with E-state index in [1.165, 1.54) is 0 Å². The van der Waals surface area contributed by atoms with Crippen LogP contribution in [0.1, 0.15) is 56.3 Å². The van der Waals surface area contributed by atoms with Gasteiger partial charge >= 0.3 is 0 Å². The fraction of sp³-hybridized carbons (Fsp3) is 0.360. The molecule has 0 radical (unpaired) electrons. The smallest absolute Gasteiger partial charge is 0.251 e. The van der Waals surface area contributed by atoms with Gasteiger partial charge in [-0.15, -0.1) is 0 Å². The van der Waals surface area contributed by atoms with Crippen LogP contribution in [0.5, 0.6) is 5.75 Å². The van der Waals surface area contributed by atoms with Crippen LogP contribution in [0.25, 0.3) is 11.4 Å². The number of anilines is 1. The van der Waals surface area contributed by atoms with E-state index in [0.717, 1.165) is 17.7 Å². The Morgan fingerprint density at radius 2 is 1.76 bits per heavy atom. The Bertz CT molecular complexity index is 1070. The van der Waals surface area contributed by atoms with Gasteiger partial charge in [-0.1, -0.05) is 12.1 Å². The zero-order valence-corrected chi connectivity index (χ0v) is 19.5. The molecule has 33 heavy (non-hydrogen) atoms. The van der Waals surface area contributed by atoms with Gasteiger partial charge in [0, 0.05) is 35.2 Å². The summed E-state index contributed by atoms with van der Waals surface area (Å²) in [7, 11) is 1.61.